The zero-order valence-corrected chi connectivity index (χ0v) is 13.1. The van der Waals surface area contributed by atoms with Crippen LogP contribution < -0.4 is 15.1 Å². The second kappa shape index (κ2) is 6.60. The standard InChI is InChI=1S/C15H17F3N6/c1-23(12-3-2-11(10-22-12)15(16,17)18)13-14(21-5-4-20-13)24-8-6-19-7-9-24/h2-5,10,19H,6-9H2,1H3. The Hall–Kier alpha value is -2.42. The summed E-state index contributed by atoms with van der Waals surface area (Å²) in [5, 5.41) is 3.26. The number of nitrogens with zero attached hydrogens (tertiary/aromatic N) is 5. The van der Waals surface area contributed by atoms with Gasteiger partial charge in [0.1, 0.15) is 5.82 Å². The monoisotopic (exact) mass is 338 g/mol. The summed E-state index contributed by atoms with van der Waals surface area (Å²) in [5.74, 6) is 1.63. The van der Waals surface area contributed by atoms with Gasteiger partial charge in [-0.3, -0.25) is 0 Å². The number of piperazine rings is 1. The van der Waals surface area contributed by atoms with Crippen molar-refractivity contribution in [3.8, 4) is 0 Å². The molecule has 0 aromatic carbocycles. The maximum atomic E-state index is 12.7. The number of halogens is 3. The SMILES string of the molecule is CN(c1ccc(C(F)(F)F)cn1)c1nccnc1N1CCNCC1. The van der Waals surface area contributed by atoms with Gasteiger partial charge in [-0.25, -0.2) is 15.0 Å². The van der Waals surface area contributed by atoms with Crippen molar-refractivity contribution in [1.29, 1.82) is 0 Å². The van der Waals surface area contributed by atoms with E-state index in [1.54, 1.807) is 24.3 Å². The minimum absolute atomic E-state index is 0.375. The Morgan fingerprint density at radius 1 is 1.08 bits per heavy atom. The van der Waals surface area contributed by atoms with Crippen LogP contribution >= 0.6 is 0 Å². The summed E-state index contributed by atoms with van der Waals surface area (Å²) in [5.41, 5.74) is -0.777. The Morgan fingerprint density at radius 2 is 1.79 bits per heavy atom. The molecule has 2 aromatic heterocycles. The minimum Gasteiger partial charge on any atom is -0.351 e. The van der Waals surface area contributed by atoms with Gasteiger partial charge < -0.3 is 15.1 Å². The highest BCUT2D eigenvalue weighted by Gasteiger charge is 2.31. The highest BCUT2D eigenvalue weighted by molar-refractivity contribution is 5.68. The minimum atomic E-state index is -4.40. The summed E-state index contributed by atoms with van der Waals surface area (Å²) in [7, 11) is 1.71. The van der Waals surface area contributed by atoms with Gasteiger partial charge in [0.25, 0.3) is 0 Å². The molecule has 128 valence electrons. The Labute approximate surface area is 137 Å². The van der Waals surface area contributed by atoms with Gasteiger partial charge in [-0.15, -0.1) is 0 Å². The van der Waals surface area contributed by atoms with E-state index >= 15 is 0 Å². The van der Waals surface area contributed by atoms with Crippen molar-refractivity contribution in [2.75, 3.05) is 43.0 Å². The molecule has 1 fully saturated rings. The van der Waals surface area contributed by atoms with Crippen molar-refractivity contribution in [2.45, 2.75) is 6.18 Å². The van der Waals surface area contributed by atoms with E-state index in [9.17, 15) is 13.2 Å². The first-order chi connectivity index (χ1) is 11.5. The van der Waals surface area contributed by atoms with E-state index in [0.29, 0.717) is 17.5 Å². The van der Waals surface area contributed by atoms with Gasteiger partial charge in [-0.05, 0) is 12.1 Å². The molecule has 2 aromatic rings. The largest absolute Gasteiger partial charge is 0.417 e. The molecule has 0 bridgehead atoms. The van der Waals surface area contributed by atoms with Crippen LogP contribution in [-0.4, -0.2) is 48.2 Å². The second-order valence-electron chi connectivity index (χ2n) is 5.40. The van der Waals surface area contributed by atoms with Crippen LogP contribution in [0.4, 0.5) is 30.6 Å². The van der Waals surface area contributed by atoms with Crippen molar-refractivity contribution >= 4 is 17.5 Å². The molecule has 1 aliphatic heterocycles. The maximum Gasteiger partial charge on any atom is 0.417 e. The van der Waals surface area contributed by atoms with Gasteiger partial charge >= 0.3 is 6.18 Å². The predicted octanol–water partition coefficient (Wildman–Crippen LogP) is 2.07. The average molecular weight is 338 g/mol. The van der Waals surface area contributed by atoms with Crippen molar-refractivity contribution in [3.05, 3.63) is 36.3 Å². The van der Waals surface area contributed by atoms with Crippen molar-refractivity contribution < 1.29 is 13.2 Å². The van der Waals surface area contributed by atoms with Gasteiger partial charge in [-0.2, -0.15) is 13.2 Å². The molecule has 6 nitrogen and oxygen atoms in total. The third kappa shape index (κ3) is 3.40. The molecule has 24 heavy (non-hydrogen) atoms. The summed E-state index contributed by atoms with van der Waals surface area (Å²) < 4.78 is 38.0. The van der Waals surface area contributed by atoms with E-state index in [0.717, 1.165) is 38.4 Å². The van der Waals surface area contributed by atoms with Crippen LogP contribution in [0.2, 0.25) is 0 Å². The molecule has 0 amide bonds. The fourth-order valence-corrected chi connectivity index (χ4v) is 2.52. The lowest BCUT2D eigenvalue weighted by Crippen LogP contribution is -2.44. The number of anilines is 3. The molecule has 0 unspecified atom stereocenters. The maximum absolute atomic E-state index is 12.7. The summed E-state index contributed by atoms with van der Waals surface area (Å²) in [6.07, 6.45) is -0.411. The van der Waals surface area contributed by atoms with E-state index in [1.807, 2.05) is 0 Å². The van der Waals surface area contributed by atoms with Gasteiger partial charge in [0.05, 0.1) is 5.56 Å². The molecule has 0 saturated carbocycles. The number of hydrogen-bond donors (Lipinski definition) is 1. The van der Waals surface area contributed by atoms with Crippen molar-refractivity contribution in [2.24, 2.45) is 0 Å². The van der Waals surface area contributed by atoms with Gasteiger partial charge in [0.15, 0.2) is 11.6 Å². The van der Waals surface area contributed by atoms with Crippen LogP contribution in [0, 0.1) is 0 Å². The number of pyridine rings is 1. The normalized spacial score (nSPS) is 15.4. The van der Waals surface area contributed by atoms with E-state index in [1.165, 1.54) is 6.07 Å². The fourth-order valence-electron chi connectivity index (χ4n) is 2.52. The molecular formula is C15H17F3N6. The first-order valence-corrected chi connectivity index (χ1v) is 7.50. The van der Waals surface area contributed by atoms with E-state index in [2.05, 4.69) is 25.2 Å². The van der Waals surface area contributed by atoms with Gasteiger partial charge in [-0.1, -0.05) is 0 Å². The molecule has 3 rings (SSSR count). The summed E-state index contributed by atoms with van der Waals surface area (Å²) >= 11 is 0. The lowest BCUT2D eigenvalue weighted by atomic mass is 10.2. The number of alkyl halides is 3. The van der Waals surface area contributed by atoms with E-state index in [-0.39, 0.29) is 0 Å². The zero-order chi connectivity index (χ0) is 17.2. The predicted molar refractivity (Wildman–Crippen MR) is 84.4 cm³/mol. The molecule has 0 spiro atoms. The number of rotatable bonds is 3. The molecule has 3 heterocycles. The third-order valence-corrected chi connectivity index (χ3v) is 3.81. The Balaban J connectivity index is 1.88. The molecule has 0 radical (unpaired) electrons. The molecule has 0 atom stereocenters. The van der Waals surface area contributed by atoms with Crippen LogP contribution in [-0.2, 0) is 6.18 Å². The molecule has 1 saturated heterocycles. The molecule has 0 aliphatic carbocycles. The van der Waals surface area contributed by atoms with Crippen LogP contribution in [0.3, 0.4) is 0 Å². The molecule has 1 aliphatic rings. The first kappa shape index (κ1) is 16.4. The Bertz CT molecular complexity index is 682. The van der Waals surface area contributed by atoms with Crippen LogP contribution in [0.1, 0.15) is 5.56 Å². The molecule has 1 N–H and O–H groups in total. The first-order valence-electron chi connectivity index (χ1n) is 7.50. The average Bonchev–Trinajstić information content (AvgIpc) is 2.61. The Morgan fingerprint density at radius 3 is 2.42 bits per heavy atom. The van der Waals surface area contributed by atoms with Gasteiger partial charge in [0.2, 0.25) is 0 Å². The Kier molecular flexibility index (Phi) is 4.52. The summed E-state index contributed by atoms with van der Waals surface area (Å²) in [6, 6.07) is 2.35. The fraction of sp³-hybridized carbons (Fsp3) is 0.400. The lowest BCUT2D eigenvalue weighted by Gasteiger charge is -2.31. The number of nitrogens with one attached hydrogen (secondary N) is 1. The zero-order valence-electron chi connectivity index (χ0n) is 13.1. The quantitative estimate of drug-likeness (QED) is 0.925. The smallest absolute Gasteiger partial charge is 0.351 e. The highest BCUT2D eigenvalue weighted by atomic mass is 19.4. The van der Waals surface area contributed by atoms with Crippen molar-refractivity contribution in [1.82, 2.24) is 20.3 Å². The van der Waals surface area contributed by atoms with Gasteiger partial charge in [0, 0.05) is 51.8 Å². The van der Waals surface area contributed by atoms with E-state index in [4.69, 9.17) is 0 Å². The second-order valence-corrected chi connectivity index (χ2v) is 5.40. The topological polar surface area (TPSA) is 57.2 Å². The number of hydrogen-bond acceptors (Lipinski definition) is 6. The van der Waals surface area contributed by atoms with E-state index < -0.39 is 11.7 Å². The van der Waals surface area contributed by atoms with Crippen LogP contribution in [0.15, 0.2) is 30.7 Å². The number of aromatic nitrogens is 3. The third-order valence-electron chi connectivity index (χ3n) is 3.81. The van der Waals surface area contributed by atoms with Crippen molar-refractivity contribution in [3.63, 3.8) is 0 Å². The van der Waals surface area contributed by atoms with Crippen LogP contribution in [0.5, 0.6) is 0 Å². The lowest BCUT2D eigenvalue weighted by molar-refractivity contribution is -0.137. The molecular weight excluding hydrogens is 321 g/mol. The molecule has 9 heteroatoms. The highest BCUT2D eigenvalue weighted by Crippen LogP contribution is 2.32. The summed E-state index contributed by atoms with van der Waals surface area (Å²) in [6.45, 7) is 3.27. The summed E-state index contributed by atoms with van der Waals surface area (Å²) in [4.78, 5) is 16.4. The van der Waals surface area contributed by atoms with Crippen LogP contribution in [0.25, 0.3) is 0 Å².